The number of aromatic nitrogens is 2. The normalized spacial score (nSPS) is 11.8. The molecule has 0 aliphatic carbocycles. The van der Waals surface area contributed by atoms with Crippen LogP contribution in [-0.4, -0.2) is 60.9 Å². The number of carbonyl (C=O) groups is 1. The van der Waals surface area contributed by atoms with Crippen LogP contribution >= 0.6 is 0 Å². The number of alkyl halides is 3. The molecular formula is C36H37F3N4O5. The summed E-state index contributed by atoms with van der Waals surface area (Å²) in [5.41, 5.74) is 6.93. The molecule has 0 bridgehead atoms. The molecule has 0 saturated heterocycles. The number of H-pyrrole nitrogens is 1. The molecule has 9 nitrogen and oxygen atoms in total. The van der Waals surface area contributed by atoms with Crippen LogP contribution in [0.2, 0.25) is 0 Å². The molecule has 2 heterocycles. The van der Waals surface area contributed by atoms with Gasteiger partial charge >= 0.3 is 12.1 Å². The van der Waals surface area contributed by atoms with Gasteiger partial charge < -0.3 is 34.4 Å². The van der Waals surface area contributed by atoms with Gasteiger partial charge in [0.15, 0.2) is 0 Å². The number of hydrogen-bond donors (Lipinski definition) is 2. The van der Waals surface area contributed by atoms with Crippen LogP contribution in [0.15, 0.2) is 77.6 Å². The van der Waals surface area contributed by atoms with Gasteiger partial charge in [-0.1, -0.05) is 23.8 Å². The number of carbonyl (C=O) groups excluding carboxylic acids is 1. The van der Waals surface area contributed by atoms with E-state index in [1.165, 1.54) is 4.57 Å². The Morgan fingerprint density at radius 1 is 0.917 bits per heavy atom. The maximum absolute atomic E-state index is 13.9. The highest BCUT2D eigenvalue weighted by Crippen LogP contribution is 2.36. The Labute approximate surface area is 275 Å². The Bertz CT molecular complexity index is 1980. The number of aryl methyl sites for hydroxylation is 2. The topological polar surface area (TPSA) is 112 Å². The first-order chi connectivity index (χ1) is 22.8. The Morgan fingerprint density at radius 2 is 1.65 bits per heavy atom. The van der Waals surface area contributed by atoms with Gasteiger partial charge in [0.05, 0.1) is 31.0 Å². The summed E-state index contributed by atoms with van der Waals surface area (Å²) < 4.78 is 59.7. The largest absolute Gasteiger partial charge is 0.459 e. The molecule has 0 aliphatic heterocycles. The van der Waals surface area contributed by atoms with E-state index in [0.717, 1.165) is 34.7 Å². The maximum Gasteiger partial charge on any atom is 0.418 e. The molecule has 2 aromatic heterocycles. The summed E-state index contributed by atoms with van der Waals surface area (Å²) in [6.45, 7) is 5.59. The van der Waals surface area contributed by atoms with Crippen molar-refractivity contribution in [1.82, 2.24) is 14.5 Å². The lowest BCUT2D eigenvalue weighted by atomic mass is 10.0. The number of ether oxygens (including phenoxy) is 3. The van der Waals surface area contributed by atoms with E-state index in [0.29, 0.717) is 35.8 Å². The van der Waals surface area contributed by atoms with Gasteiger partial charge in [-0.05, 0) is 99.2 Å². The Morgan fingerprint density at radius 3 is 2.33 bits per heavy atom. The molecule has 0 amide bonds. The first kappa shape index (κ1) is 34.3. The van der Waals surface area contributed by atoms with Crippen molar-refractivity contribution in [3.8, 4) is 22.8 Å². The van der Waals surface area contributed by atoms with Crippen LogP contribution in [0, 0.1) is 13.8 Å². The van der Waals surface area contributed by atoms with E-state index >= 15 is 0 Å². The van der Waals surface area contributed by atoms with Crippen LogP contribution in [0.1, 0.15) is 32.7 Å². The van der Waals surface area contributed by atoms with Gasteiger partial charge in [0.2, 0.25) is 0 Å². The highest BCUT2D eigenvalue weighted by molar-refractivity contribution is 5.95. The van der Waals surface area contributed by atoms with E-state index in [1.807, 2.05) is 51.0 Å². The fourth-order valence-corrected chi connectivity index (χ4v) is 5.22. The number of rotatable bonds is 12. The van der Waals surface area contributed by atoms with Crippen LogP contribution in [0.25, 0.3) is 22.2 Å². The second-order valence-corrected chi connectivity index (χ2v) is 11.8. The second-order valence-electron chi connectivity index (χ2n) is 11.8. The number of anilines is 1. The van der Waals surface area contributed by atoms with Gasteiger partial charge in [0.1, 0.15) is 29.5 Å². The summed E-state index contributed by atoms with van der Waals surface area (Å²) in [4.78, 5) is 30.8. The molecule has 0 saturated carbocycles. The van der Waals surface area contributed by atoms with Crippen molar-refractivity contribution >= 4 is 22.6 Å². The SMILES string of the molecule is Cc1ccc(Cn2c(-c3ccc(Oc4ccc5[nH]c(C(=O)OCCOCCN(C)C)cc5c4)cc3)cc(C(F)(F)F)c(N)c2=O)c(C)c1. The average Bonchev–Trinajstić information content (AvgIpc) is 3.46. The zero-order chi connectivity index (χ0) is 34.6. The third kappa shape index (κ3) is 8.07. The number of nitrogens with one attached hydrogen (secondary N) is 1. The summed E-state index contributed by atoms with van der Waals surface area (Å²) in [7, 11) is 3.89. The molecule has 252 valence electrons. The quantitative estimate of drug-likeness (QED) is 0.112. The fourth-order valence-electron chi connectivity index (χ4n) is 5.22. The van der Waals surface area contributed by atoms with E-state index in [4.69, 9.17) is 19.9 Å². The molecule has 48 heavy (non-hydrogen) atoms. The lowest BCUT2D eigenvalue weighted by Gasteiger charge is -2.19. The summed E-state index contributed by atoms with van der Waals surface area (Å²) in [6, 6.07) is 19.9. The van der Waals surface area contributed by atoms with Crippen molar-refractivity contribution in [2.45, 2.75) is 26.6 Å². The number of hydrogen-bond acceptors (Lipinski definition) is 7. The van der Waals surface area contributed by atoms with Gasteiger partial charge in [-0.25, -0.2) is 4.79 Å². The van der Waals surface area contributed by atoms with Gasteiger partial charge in [-0.2, -0.15) is 13.2 Å². The Balaban J connectivity index is 1.34. The molecule has 3 aromatic carbocycles. The fraction of sp³-hybridized carbons (Fsp3) is 0.278. The molecule has 0 spiro atoms. The van der Waals surface area contributed by atoms with Gasteiger partial charge in [0.25, 0.3) is 5.56 Å². The number of nitrogens with two attached hydrogens (primary N) is 1. The maximum atomic E-state index is 13.9. The standard InChI is InChI=1S/C36H37F3N4O5/c1-22-5-6-25(23(2)17-22)21-43-32(20-29(36(37,38)39)33(40)34(43)44)24-7-9-27(10-8-24)48-28-11-12-30-26(18-28)19-31(41-30)35(45)47-16-15-46-14-13-42(3)4/h5-12,17-20,41H,13-16,21,40H2,1-4H3. The molecule has 0 unspecified atom stereocenters. The molecule has 5 rings (SSSR count). The van der Waals surface area contributed by atoms with Crippen LogP contribution in [0.3, 0.4) is 0 Å². The molecule has 0 radical (unpaired) electrons. The number of fused-ring (bicyclic) bond motifs is 1. The van der Waals surface area contributed by atoms with E-state index in [-0.39, 0.29) is 24.5 Å². The predicted molar refractivity (Wildman–Crippen MR) is 179 cm³/mol. The number of benzene rings is 3. The summed E-state index contributed by atoms with van der Waals surface area (Å²) in [5, 5.41) is 0.718. The minimum Gasteiger partial charge on any atom is -0.459 e. The minimum absolute atomic E-state index is 0.0393. The second kappa shape index (κ2) is 14.4. The minimum atomic E-state index is -4.81. The van der Waals surface area contributed by atoms with Gasteiger partial charge in [0, 0.05) is 17.4 Å². The van der Waals surface area contributed by atoms with Crippen LogP contribution in [-0.2, 0) is 22.2 Å². The van der Waals surface area contributed by atoms with Crippen LogP contribution in [0.5, 0.6) is 11.5 Å². The van der Waals surface area contributed by atoms with Crippen molar-refractivity contribution < 1.29 is 32.2 Å². The third-order valence-electron chi connectivity index (χ3n) is 7.81. The number of nitrogens with zero attached hydrogens (tertiary/aromatic N) is 2. The smallest absolute Gasteiger partial charge is 0.418 e. The Kier molecular flexibility index (Phi) is 10.3. The van der Waals surface area contributed by atoms with E-state index in [2.05, 4.69) is 4.98 Å². The zero-order valence-corrected chi connectivity index (χ0v) is 27.1. The molecule has 0 atom stereocenters. The number of pyridine rings is 1. The monoisotopic (exact) mass is 662 g/mol. The van der Waals surface area contributed by atoms with Gasteiger partial charge in [-0.15, -0.1) is 0 Å². The molecular weight excluding hydrogens is 625 g/mol. The number of nitrogen functional groups attached to an aromatic ring is 1. The predicted octanol–water partition coefficient (Wildman–Crippen LogP) is 6.79. The lowest BCUT2D eigenvalue weighted by Crippen LogP contribution is -2.29. The highest BCUT2D eigenvalue weighted by atomic mass is 19.4. The molecule has 5 aromatic rings. The first-order valence-corrected chi connectivity index (χ1v) is 15.3. The van der Waals surface area contributed by atoms with E-state index in [1.54, 1.807) is 48.5 Å². The summed E-state index contributed by atoms with van der Waals surface area (Å²) in [6.07, 6.45) is -4.81. The van der Waals surface area contributed by atoms with Crippen molar-refractivity contribution in [3.63, 3.8) is 0 Å². The highest BCUT2D eigenvalue weighted by Gasteiger charge is 2.35. The van der Waals surface area contributed by atoms with Crippen LogP contribution in [0.4, 0.5) is 18.9 Å². The van der Waals surface area contributed by atoms with Crippen molar-refractivity contribution in [2.75, 3.05) is 46.2 Å². The van der Waals surface area contributed by atoms with Gasteiger partial charge in [-0.3, -0.25) is 4.79 Å². The summed E-state index contributed by atoms with van der Waals surface area (Å²) >= 11 is 0. The number of halogens is 3. The number of esters is 1. The molecule has 12 heteroatoms. The lowest BCUT2D eigenvalue weighted by molar-refractivity contribution is -0.137. The van der Waals surface area contributed by atoms with Crippen molar-refractivity contribution in [1.29, 1.82) is 0 Å². The number of likely N-dealkylation sites (N-methyl/N-ethyl adjacent to an activating group) is 1. The van der Waals surface area contributed by atoms with Crippen LogP contribution < -0.4 is 16.0 Å². The molecule has 3 N–H and O–H groups in total. The first-order valence-electron chi connectivity index (χ1n) is 15.3. The summed E-state index contributed by atoms with van der Waals surface area (Å²) in [5.74, 6) is 0.382. The van der Waals surface area contributed by atoms with E-state index in [9.17, 15) is 22.8 Å². The van der Waals surface area contributed by atoms with Crippen molar-refractivity contribution in [2.24, 2.45) is 0 Å². The average molecular weight is 663 g/mol. The number of aromatic amines is 1. The van der Waals surface area contributed by atoms with Crippen molar-refractivity contribution in [3.05, 3.63) is 111 Å². The molecule has 0 aliphatic rings. The van der Waals surface area contributed by atoms with E-state index < -0.39 is 29.0 Å². The molecule has 0 fully saturated rings. The Hall–Kier alpha value is -5.07. The third-order valence-corrected chi connectivity index (χ3v) is 7.81. The zero-order valence-electron chi connectivity index (χ0n) is 27.1.